The second kappa shape index (κ2) is 25.4. The van der Waals surface area contributed by atoms with Gasteiger partial charge in [0.2, 0.25) is 11.1 Å². The standard InChI is InChI=1S/C56H46N2O14S/c59-54(53-31-40(11-30-52(53)55(60)61)35-69-68-34-39-9-5-2-6-10-39)57-44-14-18-46(19-15-44)71-49-26-28-51(29-27-49)73(64)72-50-24-22-48(23-25-50)70-47-20-16-45(17-21-47)58-66-36-43-32-41(12-13-42(43)37-67-63)56(62)65-33-38-7-3-1-4-8-38/h1-32,58,63H,33-37H2,(H,57,59)(H,60,61). The van der Waals surface area contributed by atoms with Crippen molar-refractivity contribution in [2.75, 3.05) is 10.8 Å². The van der Waals surface area contributed by atoms with Gasteiger partial charge in [0, 0.05) is 5.69 Å². The number of hydrogen-bond acceptors (Lipinski definition) is 14. The minimum Gasteiger partial charge on any atom is -0.478 e. The van der Waals surface area contributed by atoms with Crippen molar-refractivity contribution in [3.05, 3.63) is 239 Å². The van der Waals surface area contributed by atoms with Gasteiger partial charge in [0.05, 0.1) is 27.3 Å². The largest absolute Gasteiger partial charge is 0.478 e. The number of carbonyl (C=O) groups excluding carboxylic acids is 2. The molecule has 0 aliphatic carbocycles. The number of hydrogen-bond donors (Lipinski definition) is 4. The Morgan fingerprint density at radius 3 is 1.64 bits per heavy atom. The molecule has 17 heteroatoms. The third-order valence-corrected chi connectivity index (χ3v) is 11.7. The highest BCUT2D eigenvalue weighted by molar-refractivity contribution is 7.80. The molecule has 0 spiro atoms. The number of nitrogens with one attached hydrogen (secondary N) is 2. The van der Waals surface area contributed by atoms with E-state index in [0.29, 0.717) is 67.3 Å². The van der Waals surface area contributed by atoms with Crippen molar-refractivity contribution in [2.24, 2.45) is 0 Å². The molecule has 0 aliphatic rings. The predicted molar refractivity (Wildman–Crippen MR) is 268 cm³/mol. The molecule has 0 aliphatic heterocycles. The van der Waals surface area contributed by atoms with E-state index in [1.165, 1.54) is 12.1 Å². The van der Waals surface area contributed by atoms with E-state index in [1.807, 2.05) is 60.7 Å². The van der Waals surface area contributed by atoms with Gasteiger partial charge < -0.3 is 28.8 Å². The van der Waals surface area contributed by atoms with Crippen LogP contribution in [0, 0.1) is 0 Å². The summed E-state index contributed by atoms with van der Waals surface area (Å²) in [7, 11) is 0. The number of anilines is 2. The van der Waals surface area contributed by atoms with Gasteiger partial charge in [-0.1, -0.05) is 72.8 Å². The third kappa shape index (κ3) is 14.9. The molecule has 0 fully saturated rings. The fraction of sp³-hybridized carbons (Fsp3) is 0.0893. The monoisotopic (exact) mass is 1000 g/mol. The van der Waals surface area contributed by atoms with Crippen LogP contribution in [0.4, 0.5) is 11.4 Å². The van der Waals surface area contributed by atoms with Crippen LogP contribution in [-0.2, 0) is 68.4 Å². The van der Waals surface area contributed by atoms with Crippen molar-refractivity contribution in [3.8, 4) is 28.7 Å². The summed E-state index contributed by atoms with van der Waals surface area (Å²) in [5.74, 6) is -0.0623. The summed E-state index contributed by atoms with van der Waals surface area (Å²) in [6.07, 6.45) is 0. The van der Waals surface area contributed by atoms with Crippen molar-refractivity contribution in [1.82, 2.24) is 0 Å². The topological polar surface area (TPSA) is 207 Å². The van der Waals surface area contributed by atoms with Crippen LogP contribution in [-0.4, -0.2) is 32.4 Å². The van der Waals surface area contributed by atoms with Gasteiger partial charge in [0.15, 0.2) is 0 Å². The smallest absolute Gasteiger partial charge is 0.338 e. The fourth-order valence-electron chi connectivity index (χ4n) is 6.94. The van der Waals surface area contributed by atoms with E-state index < -0.39 is 28.9 Å². The Morgan fingerprint density at radius 2 is 1.04 bits per heavy atom. The Bertz CT molecular complexity index is 3120. The number of esters is 1. The van der Waals surface area contributed by atoms with Crippen LogP contribution >= 0.6 is 0 Å². The molecule has 8 aromatic rings. The lowest BCUT2D eigenvalue weighted by Crippen LogP contribution is -2.17. The molecule has 370 valence electrons. The molecule has 0 saturated carbocycles. The van der Waals surface area contributed by atoms with Crippen LogP contribution in [0.5, 0.6) is 28.7 Å². The molecule has 0 radical (unpaired) electrons. The van der Waals surface area contributed by atoms with Crippen molar-refractivity contribution in [2.45, 2.75) is 37.9 Å². The minimum absolute atomic E-state index is 0.00364. The van der Waals surface area contributed by atoms with Gasteiger partial charge >= 0.3 is 11.9 Å². The van der Waals surface area contributed by atoms with E-state index in [9.17, 15) is 23.7 Å². The van der Waals surface area contributed by atoms with Crippen LogP contribution in [0.3, 0.4) is 0 Å². The maximum Gasteiger partial charge on any atom is 0.338 e. The average Bonchev–Trinajstić information content (AvgIpc) is 3.42. The molecule has 8 rings (SSSR count). The molecule has 1 unspecified atom stereocenters. The minimum atomic E-state index is -1.85. The Hall–Kier alpha value is -8.68. The molecule has 1 atom stereocenters. The second-order valence-corrected chi connectivity index (χ2v) is 17.0. The highest BCUT2D eigenvalue weighted by Crippen LogP contribution is 2.29. The highest BCUT2D eigenvalue weighted by atomic mass is 32.2. The number of rotatable bonds is 24. The molecule has 4 N–H and O–H groups in total. The molecule has 0 heterocycles. The van der Waals surface area contributed by atoms with Gasteiger partial charge in [0.1, 0.15) is 61.8 Å². The maximum atomic E-state index is 13.3. The number of carboxylic acids is 1. The summed E-state index contributed by atoms with van der Waals surface area (Å²) in [6, 6.07) is 54.7. The van der Waals surface area contributed by atoms with Crippen LogP contribution in [0.2, 0.25) is 0 Å². The zero-order valence-corrected chi connectivity index (χ0v) is 39.5. The summed E-state index contributed by atoms with van der Waals surface area (Å²) in [4.78, 5) is 59.0. The van der Waals surface area contributed by atoms with E-state index >= 15 is 0 Å². The lowest BCUT2D eigenvalue weighted by atomic mass is 10.0. The quantitative estimate of drug-likeness (QED) is 0.0192. The van der Waals surface area contributed by atoms with Gasteiger partial charge in [-0.2, -0.15) is 0 Å². The molecule has 73 heavy (non-hydrogen) atoms. The number of carbonyl (C=O) groups is 3. The molecular formula is C56H46N2O14S. The van der Waals surface area contributed by atoms with Crippen LogP contribution in [0.25, 0.3) is 0 Å². The maximum absolute atomic E-state index is 13.3. The molecule has 8 aromatic carbocycles. The Labute approximate surface area is 421 Å². The average molecular weight is 1000 g/mol. The highest BCUT2D eigenvalue weighted by Gasteiger charge is 2.19. The Kier molecular flexibility index (Phi) is 17.7. The van der Waals surface area contributed by atoms with Crippen molar-refractivity contribution in [3.63, 3.8) is 0 Å². The van der Waals surface area contributed by atoms with Gasteiger partial charge in [-0.15, -0.1) is 0 Å². The van der Waals surface area contributed by atoms with Crippen LogP contribution in [0.15, 0.2) is 199 Å². The predicted octanol–water partition coefficient (Wildman–Crippen LogP) is 11.9. The molecule has 16 nitrogen and oxygen atoms in total. The molecule has 1 amide bonds. The summed E-state index contributed by atoms with van der Waals surface area (Å²) in [5, 5.41) is 21.6. The summed E-state index contributed by atoms with van der Waals surface area (Å²) in [5.41, 5.74) is 7.57. The summed E-state index contributed by atoms with van der Waals surface area (Å²) < 4.78 is 36.2. The van der Waals surface area contributed by atoms with Crippen LogP contribution < -0.4 is 24.5 Å². The number of amides is 1. The SMILES string of the molecule is O=C(OCc1ccccc1)c1ccc(COO)c(CONc2ccc(Oc3ccc(OS(=O)c4ccc(Oc5ccc(NC(=O)c6cc(COOCc7ccccc7)ccc6C(=O)O)cc5)cc4)cc3)cc2)c1. The molecule has 0 saturated heterocycles. The normalized spacial score (nSPS) is 11.2. The zero-order valence-electron chi connectivity index (χ0n) is 38.7. The first kappa shape index (κ1) is 50.7. The van der Waals surface area contributed by atoms with E-state index in [2.05, 4.69) is 15.7 Å². The first-order valence-corrected chi connectivity index (χ1v) is 23.5. The van der Waals surface area contributed by atoms with Crippen molar-refractivity contribution >= 4 is 40.3 Å². The fourth-order valence-corrected chi connectivity index (χ4v) is 7.68. The first-order valence-electron chi connectivity index (χ1n) is 22.4. The van der Waals surface area contributed by atoms with Crippen molar-refractivity contribution in [1.29, 1.82) is 0 Å². The van der Waals surface area contributed by atoms with Gasteiger partial charge in [0.25, 0.3) is 5.91 Å². The molecule has 0 bridgehead atoms. The zero-order chi connectivity index (χ0) is 50.8. The Balaban J connectivity index is 0.769. The number of ether oxygens (including phenoxy) is 3. The van der Waals surface area contributed by atoms with Gasteiger partial charge in [-0.05, 0) is 149 Å². The number of benzene rings is 8. The number of aromatic carboxylic acids is 1. The van der Waals surface area contributed by atoms with Gasteiger partial charge in [-0.3, -0.25) is 20.4 Å². The lowest BCUT2D eigenvalue weighted by Gasteiger charge is -2.13. The van der Waals surface area contributed by atoms with Gasteiger partial charge in [-0.25, -0.2) is 28.5 Å². The third-order valence-electron chi connectivity index (χ3n) is 10.7. The van der Waals surface area contributed by atoms with E-state index in [0.717, 1.165) is 11.1 Å². The molecular weight excluding hydrogens is 957 g/mol. The van der Waals surface area contributed by atoms with E-state index in [4.69, 9.17) is 38.3 Å². The number of carboxylic acid groups (broad SMARTS) is 1. The lowest BCUT2D eigenvalue weighted by molar-refractivity contribution is -0.313. The van der Waals surface area contributed by atoms with E-state index in [1.54, 1.807) is 121 Å². The van der Waals surface area contributed by atoms with E-state index in [-0.39, 0.29) is 44.2 Å². The summed E-state index contributed by atoms with van der Waals surface area (Å²) >= 11 is -1.85. The Morgan fingerprint density at radius 1 is 0.493 bits per heavy atom. The molecule has 0 aromatic heterocycles. The summed E-state index contributed by atoms with van der Waals surface area (Å²) in [6.45, 7) is 0.294. The van der Waals surface area contributed by atoms with Crippen LogP contribution in [0.1, 0.15) is 58.9 Å². The first-order chi connectivity index (χ1) is 35.6. The van der Waals surface area contributed by atoms with Crippen molar-refractivity contribution < 1.29 is 66.9 Å². The second-order valence-electron chi connectivity index (χ2n) is 15.9.